The van der Waals surface area contributed by atoms with Gasteiger partial charge in [0.1, 0.15) is 7.11 Å². The van der Waals surface area contributed by atoms with Crippen molar-refractivity contribution in [2.24, 2.45) is 5.16 Å². The van der Waals surface area contributed by atoms with Crippen LogP contribution >= 0.6 is 12.4 Å². The van der Waals surface area contributed by atoms with E-state index in [2.05, 4.69) is 15.3 Å². The monoisotopic (exact) mass is 180 g/mol. The Morgan fingerprint density at radius 3 is 3.00 bits per heavy atom. The van der Waals surface area contributed by atoms with Gasteiger partial charge in [-0.1, -0.05) is 5.16 Å². The van der Waals surface area contributed by atoms with Crippen LogP contribution in [0.5, 0.6) is 0 Å². The molecule has 5 heteroatoms. The number of hydrogen-bond acceptors (Lipinski definition) is 4. The molecule has 0 spiro atoms. The second-order valence-electron chi connectivity index (χ2n) is 2.30. The van der Waals surface area contributed by atoms with Gasteiger partial charge < -0.3 is 15.3 Å². The third kappa shape index (κ3) is 3.05. The van der Waals surface area contributed by atoms with Crippen LogP contribution in [0.4, 0.5) is 0 Å². The zero-order valence-corrected chi connectivity index (χ0v) is 7.23. The third-order valence-electron chi connectivity index (χ3n) is 1.52. The van der Waals surface area contributed by atoms with Gasteiger partial charge in [0.05, 0.1) is 12.3 Å². The molecule has 0 aromatic heterocycles. The maximum absolute atomic E-state index is 8.69. The molecule has 0 aliphatic carbocycles. The minimum Gasteiger partial charge on any atom is -0.399 e. The van der Waals surface area contributed by atoms with Gasteiger partial charge in [0.2, 0.25) is 0 Å². The van der Waals surface area contributed by atoms with Crippen molar-refractivity contribution in [1.82, 2.24) is 5.32 Å². The molecule has 0 amide bonds. The topological polar surface area (TPSA) is 53.8 Å². The molecule has 1 unspecified atom stereocenters. The van der Waals surface area contributed by atoms with Crippen LogP contribution in [0.2, 0.25) is 0 Å². The lowest BCUT2D eigenvalue weighted by Crippen LogP contribution is -2.24. The summed E-state index contributed by atoms with van der Waals surface area (Å²) < 4.78 is 0. The fourth-order valence-corrected chi connectivity index (χ4v) is 1.02. The summed E-state index contributed by atoms with van der Waals surface area (Å²) in [5.74, 6) is 0. The molecule has 0 aromatic rings. The van der Waals surface area contributed by atoms with Gasteiger partial charge in [0.15, 0.2) is 0 Å². The van der Waals surface area contributed by atoms with Crippen LogP contribution in [0.25, 0.3) is 0 Å². The molecule has 2 N–H and O–H groups in total. The van der Waals surface area contributed by atoms with Gasteiger partial charge in [0.25, 0.3) is 0 Å². The van der Waals surface area contributed by atoms with E-state index in [4.69, 9.17) is 5.11 Å². The van der Waals surface area contributed by atoms with E-state index >= 15 is 0 Å². The van der Waals surface area contributed by atoms with Crippen molar-refractivity contribution in [2.75, 3.05) is 20.3 Å². The first kappa shape index (κ1) is 10.7. The summed E-state index contributed by atoms with van der Waals surface area (Å²) in [4.78, 5) is 4.58. The number of aliphatic hydroxyl groups excluding tert-OH is 1. The van der Waals surface area contributed by atoms with Gasteiger partial charge in [0, 0.05) is 19.0 Å². The molecular weight excluding hydrogens is 168 g/mol. The Morgan fingerprint density at radius 2 is 2.55 bits per heavy atom. The first-order valence-electron chi connectivity index (χ1n) is 3.30. The lowest BCUT2D eigenvalue weighted by Gasteiger charge is -2.00. The molecule has 0 bridgehead atoms. The molecule has 66 valence electrons. The fraction of sp³-hybridized carbons (Fsp3) is 0.833. The van der Waals surface area contributed by atoms with E-state index in [1.165, 1.54) is 7.11 Å². The highest BCUT2D eigenvalue weighted by Crippen LogP contribution is 2.02. The van der Waals surface area contributed by atoms with Crippen LogP contribution in [-0.2, 0) is 4.84 Å². The zero-order valence-electron chi connectivity index (χ0n) is 6.41. The summed E-state index contributed by atoms with van der Waals surface area (Å²) in [5.41, 5.74) is 0.974. The van der Waals surface area contributed by atoms with E-state index in [1.54, 1.807) is 0 Å². The molecule has 0 aromatic carbocycles. The molecule has 0 radical (unpaired) electrons. The third-order valence-corrected chi connectivity index (χ3v) is 1.52. The van der Waals surface area contributed by atoms with Gasteiger partial charge in [-0.05, 0) is 0 Å². The van der Waals surface area contributed by atoms with Crippen molar-refractivity contribution in [1.29, 1.82) is 0 Å². The van der Waals surface area contributed by atoms with E-state index in [1.807, 2.05) is 0 Å². The quantitative estimate of drug-likeness (QED) is 0.577. The van der Waals surface area contributed by atoms with Crippen molar-refractivity contribution in [3.8, 4) is 0 Å². The summed E-state index contributed by atoms with van der Waals surface area (Å²) in [6, 6.07) is 0.175. The van der Waals surface area contributed by atoms with Crippen LogP contribution in [-0.4, -0.2) is 37.1 Å². The summed E-state index contributed by atoms with van der Waals surface area (Å²) in [7, 11) is 1.53. The van der Waals surface area contributed by atoms with E-state index in [-0.39, 0.29) is 25.1 Å². The molecule has 0 saturated carbocycles. The molecule has 11 heavy (non-hydrogen) atoms. The molecule has 1 atom stereocenters. The van der Waals surface area contributed by atoms with Crippen LogP contribution in [0.3, 0.4) is 0 Å². The molecular formula is C6H13ClN2O2. The predicted octanol–water partition coefficient (Wildman–Crippen LogP) is -0.235. The van der Waals surface area contributed by atoms with Gasteiger partial charge in [-0.2, -0.15) is 0 Å². The highest BCUT2D eigenvalue weighted by atomic mass is 35.5. The second kappa shape index (κ2) is 5.35. The van der Waals surface area contributed by atoms with Crippen molar-refractivity contribution in [3.05, 3.63) is 0 Å². The number of nitrogens with one attached hydrogen (secondary N) is 1. The normalized spacial score (nSPS) is 26.7. The Balaban J connectivity index is 0.000001000. The largest absolute Gasteiger partial charge is 0.399 e. The van der Waals surface area contributed by atoms with Gasteiger partial charge in [-0.15, -0.1) is 12.4 Å². The molecule has 1 heterocycles. The second-order valence-corrected chi connectivity index (χ2v) is 2.30. The number of aliphatic hydroxyl groups is 1. The van der Waals surface area contributed by atoms with Crippen molar-refractivity contribution >= 4 is 18.1 Å². The van der Waals surface area contributed by atoms with Crippen molar-refractivity contribution < 1.29 is 9.94 Å². The Labute approximate surface area is 72.0 Å². The van der Waals surface area contributed by atoms with Gasteiger partial charge in [-0.3, -0.25) is 0 Å². The highest BCUT2D eigenvalue weighted by Gasteiger charge is 2.18. The first-order valence-corrected chi connectivity index (χ1v) is 3.30. The number of halogens is 1. The maximum Gasteiger partial charge on any atom is 0.106 e. The number of rotatable bonds is 2. The summed E-state index contributed by atoms with van der Waals surface area (Å²) in [5, 5.41) is 15.5. The highest BCUT2D eigenvalue weighted by molar-refractivity contribution is 5.88. The summed E-state index contributed by atoms with van der Waals surface area (Å²) in [6.45, 7) is 0.905. The lowest BCUT2D eigenvalue weighted by atomic mass is 10.2. The van der Waals surface area contributed by atoms with Crippen LogP contribution < -0.4 is 5.32 Å². The molecule has 1 aliphatic rings. The van der Waals surface area contributed by atoms with E-state index in [0.717, 1.165) is 18.7 Å². The Kier molecular flexibility index (Phi) is 5.19. The van der Waals surface area contributed by atoms with E-state index < -0.39 is 0 Å². The zero-order chi connectivity index (χ0) is 7.40. The van der Waals surface area contributed by atoms with E-state index in [9.17, 15) is 0 Å². The summed E-state index contributed by atoms with van der Waals surface area (Å²) in [6.07, 6.45) is 0.796. The standard InChI is InChI=1S/C6H12N2O2.ClH/c1-10-8-5-2-6(4-9)7-3-5;/h6-7,9H,2-4H2,1H3;1H/b8-5-;. The number of oxime groups is 1. The van der Waals surface area contributed by atoms with Gasteiger partial charge >= 0.3 is 0 Å². The van der Waals surface area contributed by atoms with Crippen LogP contribution in [0.1, 0.15) is 6.42 Å². The lowest BCUT2D eigenvalue weighted by molar-refractivity contribution is 0.212. The number of hydrogen-bond donors (Lipinski definition) is 2. The molecule has 4 nitrogen and oxygen atoms in total. The minimum absolute atomic E-state index is 0. The minimum atomic E-state index is 0. The predicted molar refractivity (Wildman–Crippen MR) is 45.2 cm³/mol. The molecule has 1 rings (SSSR count). The van der Waals surface area contributed by atoms with E-state index in [0.29, 0.717) is 0 Å². The first-order chi connectivity index (χ1) is 4.86. The van der Waals surface area contributed by atoms with Crippen LogP contribution in [0, 0.1) is 0 Å². The SMILES string of the molecule is CO/N=C1\CNC(CO)C1.Cl. The average Bonchev–Trinajstić information content (AvgIpc) is 2.37. The number of nitrogens with zero attached hydrogens (tertiary/aromatic N) is 1. The molecule has 1 fully saturated rings. The summed E-state index contributed by atoms with van der Waals surface area (Å²) >= 11 is 0. The smallest absolute Gasteiger partial charge is 0.106 e. The van der Waals surface area contributed by atoms with Crippen molar-refractivity contribution in [2.45, 2.75) is 12.5 Å². The molecule has 1 aliphatic heterocycles. The Hall–Kier alpha value is -0.320. The van der Waals surface area contributed by atoms with Crippen molar-refractivity contribution in [3.63, 3.8) is 0 Å². The Bertz CT molecular complexity index is 141. The Morgan fingerprint density at radius 1 is 1.82 bits per heavy atom. The van der Waals surface area contributed by atoms with Crippen LogP contribution in [0.15, 0.2) is 5.16 Å². The average molecular weight is 181 g/mol. The fourth-order valence-electron chi connectivity index (χ4n) is 1.02. The molecule has 1 saturated heterocycles. The van der Waals surface area contributed by atoms with Gasteiger partial charge in [-0.25, -0.2) is 0 Å². The maximum atomic E-state index is 8.69.